The first-order chi connectivity index (χ1) is 10.6. The van der Waals surface area contributed by atoms with Gasteiger partial charge in [0.1, 0.15) is 0 Å². The molecule has 0 unspecified atom stereocenters. The number of rotatable bonds is 8. The van der Waals surface area contributed by atoms with Gasteiger partial charge in [0.15, 0.2) is 11.5 Å². The van der Waals surface area contributed by atoms with Crippen molar-refractivity contribution in [3.63, 3.8) is 0 Å². The highest BCUT2D eigenvalue weighted by Gasteiger charge is 2.06. The zero-order valence-electron chi connectivity index (χ0n) is 12.8. The molecule has 118 valence electrons. The Labute approximate surface area is 131 Å². The summed E-state index contributed by atoms with van der Waals surface area (Å²) in [6.07, 6.45) is 5.02. The van der Waals surface area contributed by atoms with Crippen molar-refractivity contribution in [2.75, 3.05) is 0 Å². The van der Waals surface area contributed by atoms with E-state index in [-0.39, 0.29) is 17.6 Å². The minimum absolute atomic E-state index is 0.102. The molecule has 1 atom stereocenters. The molecule has 0 heterocycles. The number of aliphatic hydroxyl groups excluding tert-OH is 1. The van der Waals surface area contributed by atoms with E-state index in [0.717, 1.165) is 31.2 Å². The van der Waals surface area contributed by atoms with E-state index < -0.39 is 0 Å². The van der Waals surface area contributed by atoms with E-state index in [9.17, 15) is 15.3 Å². The molecule has 0 aromatic heterocycles. The molecule has 22 heavy (non-hydrogen) atoms. The van der Waals surface area contributed by atoms with Crippen LogP contribution in [-0.4, -0.2) is 21.4 Å². The van der Waals surface area contributed by atoms with Gasteiger partial charge in [-0.3, -0.25) is 0 Å². The molecular weight excluding hydrogens is 276 g/mol. The maximum absolute atomic E-state index is 10.0. The average Bonchev–Trinajstić information content (AvgIpc) is 2.54. The number of aromatic hydroxyl groups is 2. The third-order valence-corrected chi connectivity index (χ3v) is 3.90. The monoisotopic (exact) mass is 300 g/mol. The molecule has 0 saturated carbocycles. The maximum Gasteiger partial charge on any atom is 0.157 e. The summed E-state index contributed by atoms with van der Waals surface area (Å²) in [7, 11) is 0. The van der Waals surface area contributed by atoms with E-state index in [4.69, 9.17) is 0 Å². The lowest BCUT2D eigenvalue weighted by Crippen LogP contribution is -2.08. The van der Waals surface area contributed by atoms with E-state index >= 15 is 0 Å². The Morgan fingerprint density at radius 1 is 0.727 bits per heavy atom. The number of unbranched alkanes of at least 4 members (excludes halogenated alkanes) is 1. The van der Waals surface area contributed by atoms with Crippen molar-refractivity contribution in [3.8, 4) is 11.5 Å². The quantitative estimate of drug-likeness (QED) is 0.513. The van der Waals surface area contributed by atoms with Gasteiger partial charge < -0.3 is 15.3 Å². The van der Waals surface area contributed by atoms with Gasteiger partial charge in [0.25, 0.3) is 0 Å². The van der Waals surface area contributed by atoms with Crippen molar-refractivity contribution in [2.24, 2.45) is 0 Å². The molecule has 0 aliphatic carbocycles. The normalized spacial score (nSPS) is 12.2. The second-order valence-electron chi connectivity index (χ2n) is 5.75. The molecule has 0 saturated heterocycles. The van der Waals surface area contributed by atoms with Crippen molar-refractivity contribution in [3.05, 3.63) is 59.7 Å². The molecule has 0 aliphatic rings. The predicted molar refractivity (Wildman–Crippen MR) is 88.1 cm³/mol. The smallest absolute Gasteiger partial charge is 0.157 e. The molecule has 0 spiro atoms. The fraction of sp³-hybridized carbons (Fsp3) is 0.368. The number of benzene rings is 2. The van der Waals surface area contributed by atoms with Crippen LogP contribution in [0.5, 0.6) is 11.5 Å². The molecule has 2 aromatic carbocycles. The largest absolute Gasteiger partial charge is 0.504 e. The summed E-state index contributed by atoms with van der Waals surface area (Å²) in [6, 6.07) is 15.2. The van der Waals surface area contributed by atoms with Crippen molar-refractivity contribution in [2.45, 2.75) is 44.6 Å². The Balaban J connectivity index is 1.63. The van der Waals surface area contributed by atoms with Crippen LogP contribution in [0.1, 0.15) is 36.8 Å². The van der Waals surface area contributed by atoms with Crippen LogP contribution in [0, 0.1) is 0 Å². The van der Waals surface area contributed by atoms with Crippen LogP contribution in [0.3, 0.4) is 0 Å². The lowest BCUT2D eigenvalue weighted by Gasteiger charge is -2.11. The first kappa shape index (κ1) is 16.4. The third kappa shape index (κ3) is 5.41. The molecule has 3 heteroatoms. The minimum Gasteiger partial charge on any atom is -0.504 e. The SMILES string of the molecule is Oc1ccc(CC[C@@H](O)CCCCc2ccccc2)cc1O. The number of phenolic OH excluding ortho intramolecular Hbond substituents is 2. The van der Waals surface area contributed by atoms with Gasteiger partial charge in [-0.1, -0.05) is 42.8 Å². The van der Waals surface area contributed by atoms with Crippen LogP contribution in [-0.2, 0) is 12.8 Å². The van der Waals surface area contributed by atoms with Gasteiger partial charge in [-0.05, 0) is 55.4 Å². The molecule has 0 fully saturated rings. The molecule has 3 nitrogen and oxygen atoms in total. The molecule has 0 bridgehead atoms. The Morgan fingerprint density at radius 2 is 1.50 bits per heavy atom. The summed E-state index contributed by atoms with van der Waals surface area (Å²) in [5.74, 6) is -0.208. The molecular formula is C19H24O3. The Morgan fingerprint density at radius 3 is 2.23 bits per heavy atom. The van der Waals surface area contributed by atoms with Crippen LogP contribution >= 0.6 is 0 Å². The van der Waals surface area contributed by atoms with E-state index in [1.54, 1.807) is 12.1 Å². The summed E-state index contributed by atoms with van der Waals surface area (Å²) in [5.41, 5.74) is 2.27. The van der Waals surface area contributed by atoms with E-state index in [1.807, 2.05) is 6.07 Å². The average molecular weight is 300 g/mol. The van der Waals surface area contributed by atoms with Crippen LogP contribution < -0.4 is 0 Å². The van der Waals surface area contributed by atoms with Crippen LogP contribution in [0.15, 0.2) is 48.5 Å². The summed E-state index contributed by atoms with van der Waals surface area (Å²) < 4.78 is 0. The van der Waals surface area contributed by atoms with Gasteiger partial charge in [0.05, 0.1) is 6.10 Å². The van der Waals surface area contributed by atoms with Crippen molar-refractivity contribution in [1.29, 1.82) is 0 Å². The zero-order chi connectivity index (χ0) is 15.8. The van der Waals surface area contributed by atoms with Crippen molar-refractivity contribution < 1.29 is 15.3 Å². The van der Waals surface area contributed by atoms with Crippen LogP contribution in [0.4, 0.5) is 0 Å². The highest BCUT2D eigenvalue weighted by molar-refractivity contribution is 5.40. The Hall–Kier alpha value is -2.00. The fourth-order valence-corrected chi connectivity index (χ4v) is 2.56. The number of hydrogen-bond acceptors (Lipinski definition) is 3. The van der Waals surface area contributed by atoms with Gasteiger partial charge in [-0.15, -0.1) is 0 Å². The standard InChI is InChI=1S/C19H24O3/c20-17(9-5-4-8-15-6-2-1-3-7-15)12-10-16-11-13-18(21)19(22)14-16/h1-3,6-7,11,13-14,17,20-22H,4-5,8-10,12H2/t17-/m0/s1. The molecule has 2 rings (SSSR count). The lowest BCUT2D eigenvalue weighted by molar-refractivity contribution is 0.151. The summed E-state index contributed by atoms with van der Waals surface area (Å²) >= 11 is 0. The minimum atomic E-state index is -0.313. The lowest BCUT2D eigenvalue weighted by atomic mass is 10.0. The van der Waals surface area contributed by atoms with E-state index in [1.165, 1.54) is 11.6 Å². The Kier molecular flexibility index (Phi) is 6.28. The Bertz CT molecular complexity index is 566. The molecule has 0 aliphatic heterocycles. The maximum atomic E-state index is 10.0. The van der Waals surface area contributed by atoms with Crippen molar-refractivity contribution >= 4 is 0 Å². The first-order valence-corrected chi connectivity index (χ1v) is 7.88. The van der Waals surface area contributed by atoms with Gasteiger partial charge in [0, 0.05) is 0 Å². The topological polar surface area (TPSA) is 60.7 Å². The number of aryl methyl sites for hydroxylation is 2. The molecule has 0 radical (unpaired) electrons. The fourth-order valence-electron chi connectivity index (χ4n) is 2.56. The van der Waals surface area contributed by atoms with Gasteiger partial charge in [-0.25, -0.2) is 0 Å². The van der Waals surface area contributed by atoms with Crippen molar-refractivity contribution in [1.82, 2.24) is 0 Å². The van der Waals surface area contributed by atoms with E-state index in [0.29, 0.717) is 12.8 Å². The number of aliphatic hydroxyl groups is 1. The highest BCUT2D eigenvalue weighted by Crippen LogP contribution is 2.25. The second-order valence-corrected chi connectivity index (χ2v) is 5.75. The zero-order valence-corrected chi connectivity index (χ0v) is 12.8. The van der Waals surface area contributed by atoms with Crippen LogP contribution in [0.25, 0.3) is 0 Å². The van der Waals surface area contributed by atoms with Gasteiger partial charge in [0.2, 0.25) is 0 Å². The highest BCUT2D eigenvalue weighted by atomic mass is 16.3. The predicted octanol–water partition coefficient (Wildman–Crippen LogP) is 3.80. The molecule has 3 N–H and O–H groups in total. The first-order valence-electron chi connectivity index (χ1n) is 7.88. The second kappa shape index (κ2) is 8.44. The molecule has 0 amide bonds. The van der Waals surface area contributed by atoms with Gasteiger partial charge in [-0.2, -0.15) is 0 Å². The summed E-state index contributed by atoms with van der Waals surface area (Å²) in [5, 5.41) is 28.7. The number of phenols is 2. The summed E-state index contributed by atoms with van der Waals surface area (Å²) in [4.78, 5) is 0. The van der Waals surface area contributed by atoms with Crippen LogP contribution in [0.2, 0.25) is 0 Å². The molecule has 2 aromatic rings. The third-order valence-electron chi connectivity index (χ3n) is 3.90. The van der Waals surface area contributed by atoms with E-state index in [2.05, 4.69) is 24.3 Å². The van der Waals surface area contributed by atoms with Gasteiger partial charge >= 0.3 is 0 Å². The summed E-state index contributed by atoms with van der Waals surface area (Å²) in [6.45, 7) is 0. The number of hydrogen-bond donors (Lipinski definition) is 3.